The number of hydrogen-bond acceptors (Lipinski definition) is 4. The second-order valence-corrected chi connectivity index (χ2v) is 8.39. The summed E-state index contributed by atoms with van der Waals surface area (Å²) in [4.78, 5) is 24.2. The van der Waals surface area contributed by atoms with Crippen LogP contribution in [-0.4, -0.2) is 37.5 Å². The number of amides is 1. The van der Waals surface area contributed by atoms with E-state index in [1.807, 2.05) is 6.07 Å². The van der Waals surface area contributed by atoms with Crippen molar-refractivity contribution in [3.63, 3.8) is 0 Å². The Morgan fingerprint density at radius 2 is 1.64 bits per heavy atom. The average molecular weight is 423 g/mol. The zero-order chi connectivity index (χ0) is 20.7. The van der Waals surface area contributed by atoms with Crippen LogP contribution in [0.2, 0.25) is 5.02 Å². The molecule has 28 heavy (non-hydrogen) atoms. The summed E-state index contributed by atoms with van der Waals surface area (Å²) in [5.41, 5.74) is 0.863. The Kier molecular flexibility index (Phi) is 7.74. The number of Topliss-reactive ketones (excluding diaryl/α,β-unsaturated/α-hetero) is 1. The van der Waals surface area contributed by atoms with Gasteiger partial charge in [-0.2, -0.15) is 4.31 Å². The molecule has 0 saturated heterocycles. The molecule has 0 fully saturated rings. The summed E-state index contributed by atoms with van der Waals surface area (Å²) in [7, 11) is -3.76. The molecule has 2 aromatic carbocycles. The third-order valence-electron chi connectivity index (χ3n) is 4.21. The van der Waals surface area contributed by atoms with Crippen LogP contribution < -0.4 is 5.32 Å². The van der Waals surface area contributed by atoms with Gasteiger partial charge < -0.3 is 5.32 Å². The fraction of sp³-hybridized carbons (Fsp3) is 0.300. The smallest absolute Gasteiger partial charge is 0.244 e. The van der Waals surface area contributed by atoms with Gasteiger partial charge in [-0.15, -0.1) is 0 Å². The van der Waals surface area contributed by atoms with Gasteiger partial charge in [-0.05, 0) is 18.2 Å². The van der Waals surface area contributed by atoms with E-state index >= 15 is 0 Å². The standard InChI is InChI=1S/C20H23ClN2O4S/c1-3-23(4-2)28(26,27)19-14-16(10-11-17(19)21)22-20(25)13-12-18(24)15-8-6-5-7-9-15/h5-11,14H,3-4,12-13H2,1-2H3,(H,22,25). The molecular formula is C20H23ClN2O4S. The Labute approximate surface area is 170 Å². The Bertz CT molecular complexity index is 942. The van der Waals surface area contributed by atoms with Crippen molar-refractivity contribution in [2.24, 2.45) is 0 Å². The second-order valence-electron chi connectivity index (χ2n) is 6.07. The lowest BCUT2D eigenvalue weighted by Crippen LogP contribution is -2.30. The molecule has 2 rings (SSSR count). The number of ketones is 1. The molecule has 0 heterocycles. The summed E-state index contributed by atoms with van der Waals surface area (Å²) in [6.45, 7) is 4.11. The zero-order valence-corrected chi connectivity index (χ0v) is 17.4. The summed E-state index contributed by atoms with van der Waals surface area (Å²) >= 11 is 6.08. The van der Waals surface area contributed by atoms with Gasteiger partial charge in [0.25, 0.3) is 0 Å². The molecule has 2 aromatic rings. The minimum Gasteiger partial charge on any atom is -0.326 e. The fourth-order valence-corrected chi connectivity index (χ4v) is 4.66. The third-order valence-corrected chi connectivity index (χ3v) is 6.74. The molecular weight excluding hydrogens is 400 g/mol. The van der Waals surface area contributed by atoms with Gasteiger partial charge in [-0.3, -0.25) is 9.59 Å². The monoisotopic (exact) mass is 422 g/mol. The summed E-state index contributed by atoms with van der Waals surface area (Å²) in [5.74, 6) is -0.505. The molecule has 0 spiro atoms. The Morgan fingerprint density at radius 3 is 2.25 bits per heavy atom. The van der Waals surface area contributed by atoms with Crippen LogP contribution in [0.1, 0.15) is 37.0 Å². The number of carbonyl (C=O) groups is 2. The highest BCUT2D eigenvalue weighted by Gasteiger charge is 2.25. The van der Waals surface area contributed by atoms with E-state index < -0.39 is 10.0 Å². The molecule has 1 amide bonds. The lowest BCUT2D eigenvalue weighted by atomic mass is 10.1. The predicted molar refractivity (Wildman–Crippen MR) is 110 cm³/mol. The topological polar surface area (TPSA) is 83.6 Å². The van der Waals surface area contributed by atoms with Crippen LogP contribution in [0.4, 0.5) is 5.69 Å². The number of rotatable bonds is 9. The lowest BCUT2D eigenvalue weighted by Gasteiger charge is -2.19. The largest absolute Gasteiger partial charge is 0.326 e. The molecule has 0 saturated carbocycles. The molecule has 0 aromatic heterocycles. The molecule has 8 heteroatoms. The summed E-state index contributed by atoms with van der Waals surface area (Å²) in [6, 6.07) is 13.0. The van der Waals surface area contributed by atoms with Gasteiger partial charge in [0.1, 0.15) is 4.90 Å². The number of anilines is 1. The van der Waals surface area contributed by atoms with E-state index in [0.717, 1.165) is 0 Å². The van der Waals surface area contributed by atoms with Crippen molar-refractivity contribution >= 4 is 39.0 Å². The van der Waals surface area contributed by atoms with Crippen LogP contribution in [-0.2, 0) is 14.8 Å². The van der Waals surface area contributed by atoms with Crippen molar-refractivity contribution in [3.8, 4) is 0 Å². The number of halogens is 1. The van der Waals surface area contributed by atoms with E-state index in [9.17, 15) is 18.0 Å². The number of carbonyl (C=O) groups excluding carboxylic acids is 2. The van der Waals surface area contributed by atoms with E-state index in [0.29, 0.717) is 24.3 Å². The normalized spacial score (nSPS) is 11.4. The first-order valence-corrected chi connectivity index (χ1v) is 10.8. The van der Waals surface area contributed by atoms with Crippen molar-refractivity contribution in [3.05, 3.63) is 59.1 Å². The molecule has 0 aliphatic heterocycles. The van der Waals surface area contributed by atoms with Crippen LogP contribution in [0.3, 0.4) is 0 Å². The van der Waals surface area contributed by atoms with Crippen molar-refractivity contribution in [1.82, 2.24) is 4.31 Å². The van der Waals surface area contributed by atoms with E-state index in [-0.39, 0.29) is 34.5 Å². The van der Waals surface area contributed by atoms with Gasteiger partial charge in [0.05, 0.1) is 5.02 Å². The van der Waals surface area contributed by atoms with Crippen molar-refractivity contribution in [2.75, 3.05) is 18.4 Å². The van der Waals surface area contributed by atoms with Crippen LogP contribution in [0.15, 0.2) is 53.4 Å². The SMILES string of the molecule is CCN(CC)S(=O)(=O)c1cc(NC(=O)CCC(=O)c2ccccc2)ccc1Cl. The molecule has 0 atom stereocenters. The molecule has 0 aliphatic rings. The van der Waals surface area contributed by atoms with Crippen molar-refractivity contribution < 1.29 is 18.0 Å². The third kappa shape index (κ3) is 5.41. The first kappa shape index (κ1) is 22.1. The molecule has 0 bridgehead atoms. The van der Waals surface area contributed by atoms with Crippen LogP contribution in [0.25, 0.3) is 0 Å². The Balaban J connectivity index is 2.08. The number of benzene rings is 2. The number of nitrogens with zero attached hydrogens (tertiary/aromatic N) is 1. The Morgan fingerprint density at radius 1 is 1.00 bits per heavy atom. The zero-order valence-electron chi connectivity index (χ0n) is 15.8. The van der Waals surface area contributed by atoms with Gasteiger partial charge >= 0.3 is 0 Å². The Hall–Kier alpha value is -2.22. The number of hydrogen-bond donors (Lipinski definition) is 1. The van der Waals surface area contributed by atoms with Crippen molar-refractivity contribution in [2.45, 2.75) is 31.6 Å². The predicted octanol–water partition coefficient (Wildman–Crippen LogP) is 3.97. The van der Waals surface area contributed by atoms with Crippen LogP contribution in [0.5, 0.6) is 0 Å². The number of nitrogens with one attached hydrogen (secondary N) is 1. The fourth-order valence-electron chi connectivity index (χ4n) is 2.70. The maximum Gasteiger partial charge on any atom is 0.244 e. The van der Waals surface area contributed by atoms with Gasteiger partial charge in [0.15, 0.2) is 5.78 Å². The quantitative estimate of drug-likeness (QED) is 0.619. The molecule has 0 radical (unpaired) electrons. The minimum atomic E-state index is -3.76. The van der Waals surface area contributed by atoms with Crippen LogP contribution in [0, 0.1) is 0 Å². The highest BCUT2D eigenvalue weighted by Crippen LogP contribution is 2.28. The summed E-state index contributed by atoms with van der Waals surface area (Å²) in [6.07, 6.45) is 0.0581. The molecule has 6 nitrogen and oxygen atoms in total. The second kappa shape index (κ2) is 9.82. The van der Waals surface area contributed by atoms with Gasteiger partial charge in [-0.1, -0.05) is 55.8 Å². The highest BCUT2D eigenvalue weighted by molar-refractivity contribution is 7.89. The molecule has 1 N–H and O–H groups in total. The van der Waals surface area contributed by atoms with Gasteiger partial charge in [0.2, 0.25) is 15.9 Å². The van der Waals surface area contributed by atoms with E-state index in [1.165, 1.54) is 22.5 Å². The number of sulfonamides is 1. The van der Waals surface area contributed by atoms with Gasteiger partial charge in [0, 0.05) is 37.2 Å². The average Bonchev–Trinajstić information content (AvgIpc) is 2.69. The summed E-state index contributed by atoms with van der Waals surface area (Å²) in [5, 5.41) is 2.72. The highest BCUT2D eigenvalue weighted by atomic mass is 35.5. The van der Waals surface area contributed by atoms with Crippen molar-refractivity contribution in [1.29, 1.82) is 0 Å². The van der Waals surface area contributed by atoms with E-state index in [2.05, 4.69) is 5.32 Å². The molecule has 0 unspecified atom stereocenters. The lowest BCUT2D eigenvalue weighted by molar-refractivity contribution is -0.116. The first-order valence-electron chi connectivity index (χ1n) is 8.97. The van der Waals surface area contributed by atoms with Crippen LogP contribution >= 0.6 is 11.6 Å². The van der Waals surface area contributed by atoms with E-state index in [1.54, 1.807) is 38.1 Å². The van der Waals surface area contributed by atoms with Gasteiger partial charge in [-0.25, -0.2) is 8.42 Å². The molecule has 150 valence electrons. The summed E-state index contributed by atoms with van der Waals surface area (Å²) < 4.78 is 26.7. The van der Waals surface area contributed by atoms with E-state index in [4.69, 9.17) is 11.6 Å². The maximum atomic E-state index is 12.7. The minimum absolute atomic E-state index is 0.00547. The molecule has 0 aliphatic carbocycles. The maximum absolute atomic E-state index is 12.7. The first-order chi connectivity index (χ1) is 13.3.